The first-order chi connectivity index (χ1) is 12.4. The molecule has 2 aromatic carbocycles. The summed E-state index contributed by atoms with van der Waals surface area (Å²) in [6.07, 6.45) is 1.73. The molecule has 0 saturated heterocycles. The number of nitriles is 1. The standard InChI is InChI=1S/C19H21N3O3S/c1-26(24,25)22(13-11-16-7-3-2-4-8-16)14-12-19(23)21-18-10-6-5-9-17(18)15-20/h2-10H,11-14H2,1H3,(H,21,23). The van der Waals surface area contributed by atoms with E-state index in [-0.39, 0.29) is 18.9 Å². The molecular weight excluding hydrogens is 350 g/mol. The summed E-state index contributed by atoms with van der Waals surface area (Å²) in [5, 5.41) is 11.7. The topological polar surface area (TPSA) is 90.3 Å². The van der Waals surface area contributed by atoms with E-state index >= 15 is 0 Å². The van der Waals surface area contributed by atoms with Crippen molar-refractivity contribution in [2.75, 3.05) is 24.7 Å². The van der Waals surface area contributed by atoms with E-state index in [2.05, 4.69) is 5.32 Å². The van der Waals surface area contributed by atoms with Crippen molar-refractivity contribution in [1.29, 1.82) is 5.26 Å². The van der Waals surface area contributed by atoms with Crippen molar-refractivity contribution in [3.05, 3.63) is 65.7 Å². The Hall–Kier alpha value is -2.69. The summed E-state index contributed by atoms with van der Waals surface area (Å²) < 4.78 is 25.3. The second-order valence-electron chi connectivity index (χ2n) is 5.85. The second-order valence-corrected chi connectivity index (χ2v) is 7.84. The van der Waals surface area contributed by atoms with E-state index in [1.54, 1.807) is 24.3 Å². The first kappa shape index (κ1) is 19.6. The predicted octanol–water partition coefficient (Wildman–Crippen LogP) is 2.39. The Bertz CT molecular complexity index is 890. The number of amides is 1. The van der Waals surface area contributed by atoms with Gasteiger partial charge in [0.25, 0.3) is 0 Å². The fraction of sp³-hybridized carbons (Fsp3) is 0.263. The molecule has 0 heterocycles. The number of para-hydroxylation sites is 1. The van der Waals surface area contributed by atoms with Crippen LogP contribution in [0.2, 0.25) is 0 Å². The van der Waals surface area contributed by atoms with E-state index in [1.807, 2.05) is 36.4 Å². The Morgan fingerprint density at radius 3 is 2.38 bits per heavy atom. The lowest BCUT2D eigenvalue weighted by atomic mass is 10.1. The lowest BCUT2D eigenvalue weighted by molar-refractivity contribution is -0.116. The van der Waals surface area contributed by atoms with Crippen molar-refractivity contribution < 1.29 is 13.2 Å². The number of nitrogens with zero attached hydrogens (tertiary/aromatic N) is 2. The number of sulfonamides is 1. The van der Waals surface area contributed by atoms with Crippen molar-refractivity contribution in [2.45, 2.75) is 12.8 Å². The highest BCUT2D eigenvalue weighted by molar-refractivity contribution is 7.88. The largest absolute Gasteiger partial charge is 0.325 e. The van der Waals surface area contributed by atoms with Crippen LogP contribution in [0.3, 0.4) is 0 Å². The van der Waals surface area contributed by atoms with Gasteiger partial charge in [0.1, 0.15) is 6.07 Å². The quantitative estimate of drug-likeness (QED) is 0.771. The molecule has 0 aromatic heterocycles. The normalized spacial score (nSPS) is 11.1. The molecule has 0 spiro atoms. The van der Waals surface area contributed by atoms with Crippen LogP contribution in [0.4, 0.5) is 5.69 Å². The highest BCUT2D eigenvalue weighted by Crippen LogP contribution is 2.14. The SMILES string of the molecule is CS(=O)(=O)N(CCC(=O)Nc1ccccc1C#N)CCc1ccccc1. The Kier molecular flexibility index (Phi) is 6.89. The number of anilines is 1. The average Bonchev–Trinajstić information content (AvgIpc) is 2.62. The highest BCUT2D eigenvalue weighted by Gasteiger charge is 2.18. The van der Waals surface area contributed by atoms with Crippen LogP contribution < -0.4 is 5.32 Å². The molecule has 0 radical (unpaired) electrons. The van der Waals surface area contributed by atoms with Crippen molar-refractivity contribution in [3.63, 3.8) is 0 Å². The Morgan fingerprint density at radius 2 is 1.73 bits per heavy atom. The molecule has 0 aliphatic rings. The van der Waals surface area contributed by atoms with Crippen LogP contribution in [0.15, 0.2) is 54.6 Å². The number of carbonyl (C=O) groups excluding carboxylic acids is 1. The van der Waals surface area contributed by atoms with Crippen molar-refractivity contribution in [3.8, 4) is 6.07 Å². The summed E-state index contributed by atoms with van der Waals surface area (Å²) >= 11 is 0. The van der Waals surface area contributed by atoms with Crippen molar-refractivity contribution >= 4 is 21.6 Å². The van der Waals surface area contributed by atoms with Gasteiger partial charge in [0.05, 0.1) is 17.5 Å². The molecule has 26 heavy (non-hydrogen) atoms. The zero-order chi connectivity index (χ0) is 19.0. The molecule has 136 valence electrons. The van der Waals surface area contributed by atoms with Crippen LogP contribution in [-0.2, 0) is 21.2 Å². The average molecular weight is 371 g/mol. The predicted molar refractivity (Wildman–Crippen MR) is 101 cm³/mol. The second kappa shape index (κ2) is 9.13. The van der Waals surface area contributed by atoms with E-state index in [1.165, 1.54) is 4.31 Å². The number of nitrogens with one attached hydrogen (secondary N) is 1. The summed E-state index contributed by atoms with van der Waals surface area (Å²) in [4.78, 5) is 12.1. The van der Waals surface area contributed by atoms with Gasteiger partial charge in [0.15, 0.2) is 0 Å². The molecule has 0 fully saturated rings. The third-order valence-corrected chi connectivity index (χ3v) is 5.17. The van der Waals surface area contributed by atoms with Crippen LogP contribution in [0.1, 0.15) is 17.5 Å². The van der Waals surface area contributed by atoms with Gasteiger partial charge in [0.2, 0.25) is 15.9 Å². The van der Waals surface area contributed by atoms with Crippen molar-refractivity contribution in [1.82, 2.24) is 4.31 Å². The maximum Gasteiger partial charge on any atom is 0.225 e. The zero-order valence-electron chi connectivity index (χ0n) is 14.6. The molecular formula is C19H21N3O3S. The van der Waals surface area contributed by atoms with Gasteiger partial charge in [-0.1, -0.05) is 42.5 Å². The molecule has 0 aliphatic heterocycles. The molecule has 1 N–H and O–H groups in total. The molecule has 2 rings (SSSR count). The number of rotatable bonds is 8. The summed E-state index contributed by atoms with van der Waals surface area (Å²) in [6, 6.07) is 18.3. The van der Waals surface area contributed by atoms with Gasteiger partial charge in [-0.25, -0.2) is 12.7 Å². The van der Waals surface area contributed by atoms with Gasteiger partial charge >= 0.3 is 0 Å². The fourth-order valence-corrected chi connectivity index (χ4v) is 3.32. The maximum absolute atomic E-state index is 12.1. The molecule has 0 aliphatic carbocycles. The Balaban J connectivity index is 1.94. The smallest absolute Gasteiger partial charge is 0.225 e. The van der Waals surface area contributed by atoms with Gasteiger partial charge in [-0.3, -0.25) is 4.79 Å². The highest BCUT2D eigenvalue weighted by atomic mass is 32.2. The minimum absolute atomic E-state index is 0.0155. The van der Waals surface area contributed by atoms with Gasteiger partial charge in [-0.05, 0) is 24.1 Å². The van der Waals surface area contributed by atoms with Crippen LogP contribution in [0, 0.1) is 11.3 Å². The lowest BCUT2D eigenvalue weighted by Crippen LogP contribution is -2.34. The Morgan fingerprint density at radius 1 is 1.08 bits per heavy atom. The summed E-state index contributed by atoms with van der Waals surface area (Å²) in [5.41, 5.74) is 1.83. The molecule has 0 atom stereocenters. The van der Waals surface area contributed by atoms with Crippen LogP contribution in [-0.4, -0.2) is 38.0 Å². The Labute approximate surface area is 154 Å². The molecule has 1 amide bonds. The van der Waals surface area contributed by atoms with Crippen LogP contribution >= 0.6 is 0 Å². The number of hydrogen-bond donors (Lipinski definition) is 1. The van der Waals surface area contributed by atoms with E-state index in [9.17, 15) is 13.2 Å². The third kappa shape index (κ3) is 5.99. The van der Waals surface area contributed by atoms with E-state index in [4.69, 9.17) is 5.26 Å². The van der Waals surface area contributed by atoms with Gasteiger partial charge in [-0.15, -0.1) is 0 Å². The van der Waals surface area contributed by atoms with Gasteiger partial charge < -0.3 is 5.32 Å². The minimum atomic E-state index is -3.42. The molecule has 0 bridgehead atoms. The number of benzene rings is 2. The maximum atomic E-state index is 12.1. The third-order valence-electron chi connectivity index (χ3n) is 3.87. The minimum Gasteiger partial charge on any atom is -0.325 e. The summed E-state index contributed by atoms with van der Waals surface area (Å²) in [7, 11) is -3.42. The number of hydrogen-bond acceptors (Lipinski definition) is 4. The van der Waals surface area contributed by atoms with Gasteiger partial charge in [0, 0.05) is 19.5 Å². The molecule has 0 saturated carbocycles. The summed E-state index contributed by atoms with van der Waals surface area (Å²) in [5.74, 6) is -0.332. The van der Waals surface area contributed by atoms with Crippen LogP contribution in [0.5, 0.6) is 0 Å². The number of carbonyl (C=O) groups is 1. The van der Waals surface area contributed by atoms with Gasteiger partial charge in [-0.2, -0.15) is 5.26 Å². The monoisotopic (exact) mass is 371 g/mol. The molecule has 2 aromatic rings. The van der Waals surface area contributed by atoms with E-state index in [0.717, 1.165) is 11.8 Å². The summed E-state index contributed by atoms with van der Waals surface area (Å²) in [6.45, 7) is 0.400. The molecule has 6 nitrogen and oxygen atoms in total. The molecule has 7 heteroatoms. The van der Waals surface area contributed by atoms with Crippen molar-refractivity contribution in [2.24, 2.45) is 0 Å². The van der Waals surface area contributed by atoms with E-state index in [0.29, 0.717) is 24.2 Å². The lowest BCUT2D eigenvalue weighted by Gasteiger charge is -2.19. The fourth-order valence-electron chi connectivity index (χ4n) is 2.47. The van der Waals surface area contributed by atoms with E-state index < -0.39 is 10.0 Å². The first-order valence-corrected chi connectivity index (χ1v) is 10.0. The van der Waals surface area contributed by atoms with Crippen LogP contribution in [0.25, 0.3) is 0 Å². The molecule has 0 unspecified atom stereocenters. The zero-order valence-corrected chi connectivity index (χ0v) is 15.4. The first-order valence-electron chi connectivity index (χ1n) is 8.18.